The lowest BCUT2D eigenvalue weighted by Crippen LogP contribution is -2.42. The van der Waals surface area contributed by atoms with Gasteiger partial charge < -0.3 is 0 Å². The minimum absolute atomic E-state index is 0.0405. The Kier molecular flexibility index (Phi) is 5.89. The molecule has 1 heterocycles. The van der Waals surface area contributed by atoms with Crippen molar-refractivity contribution >= 4 is 25.6 Å². The fourth-order valence-corrected chi connectivity index (χ4v) is 6.29. The molecule has 0 radical (unpaired) electrons. The van der Waals surface area contributed by atoms with E-state index in [2.05, 4.69) is 4.72 Å². The predicted octanol–water partition coefficient (Wildman–Crippen LogP) is 4.05. The standard InChI is InChI=1S/C23H21F3N2O4S2/c1-15-7-13-18(14-8-15)34(31,32)28-20-6-4-3-5-19(20)21(22(28)27-33(2,29)30)16-9-11-17(12-10-16)23(24,25)26/h3-14,19-20,27H,1-2H3. The van der Waals surface area contributed by atoms with Crippen LogP contribution in [-0.4, -0.2) is 33.4 Å². The van der Waals surface area contributed by atoms with E-state index in [1.165, 1.54) is 24.3 Å². The van der Waals surface area contributed by atoms with E-state index < -0.39 is 43.7 Å². The number of allylic oxidation sites excluding steroid dienone is 2. The molecule has 2 aromatic rings. The first-order valence-electron chi connectivity index (χ1n) is 10.1. The number of nitrogens with one attached hydrogen (secondary N) is 1. The molecule has 4 rings (SSSR count). The molecule has 2 aromatic carbocycles. The van der Waals surface area contributed by atoms with Crippen molar-refractivity contribution < 1.29 is 30.0 Å². The van der Waals surface area contributed by atoms with Gasteiger partial charge in [-0.2, -0.15) is 13.2 Å². The van der Waals surface area contributed by atoms with Gasteiger partial charge in [0.15, 0.2) is 0 Å². The van der Waals surface area contributed by atoms with Crippen LogP contribution in [-0.2, 0) is 26.2 Å². The van der Waals surface area contributed by atoms with Crippen LogP contribution in [0.15, 0.2) is 83.6 Å². The first-order chi connectivity index (χ1) is 15.8. The number of fused-ring (bicyclic) bond motifs is 1. The van der Waals surface area contributed by atoms with Crippen LogP contribution in [0.2, 0.25) is 0 Å². The monoisotopic (exact) mass is 510 g/mol. The molecule has 1 N–H and O–H groups in total. The number of hydrogen-bond donors (Lipinski definition) is 1. The molecule has 0 saturated heterocycles. The SMILES string of the molecule is Cc1ccc(S(=O)(=O)N2C(NS(C)(=O)=O)=C(c3ccc(C(F)(F)F)cc3)C3C=CC=CC32)cc1. The Labute approximate surface area is 196 Å². The minimum Gasteiger partial charge on any atom is -0.268 e. The lowest BCUT2D eigenvalue weighted by molar-refractivity contribution is -0.137. The average molecular weight is 511 g/mol. The summed E-state index contributed by atoms with van der Waals surface area (Å²) in [5, 5.41) is 0. The molecule has 0 bridgehead atoms. The molecule has 2 unspecified atom stereocenters. The molecule has 34 heavy (non-hydrogen) atoms. The Balaban J connectivity index is 1.95. The third-order valence-electron chi connectivity index (χ3n) is 5.57. The Hall–Kier alpha value is -3.05. The average Bonchev–Trinajstić information content (AvgIpc) is 3.06. The summed E-state index contributed by atoms with van der Waals surface area (Å²) < 4.78 is 94.5. The van der Waals surface area contributed by atoms with E-state index >= 15 is 0 Å². The largest absolute Gasteiger partial charge is 0.416 e. The summed E-state index contributed by atoms with van der Waals surface area (Å²) in [4.78, 5) is -0.0405. The van der Waals surface area contributed by atoms with Gasteiger partial charge in [0.05, 0.1) is 22.8 Å². The highest BCUT2D eigenvalue weighted by molar-refractivity contribution is 7.90. The molecule has 2 aliphatic rings. The molecule has 11 heteroatoms. The number of aryl methyl sites for hydroxylation is 1. The summed E-state index contributed by atoms with van der Waals surface area (Å²) >= 11 is 0. The third-order valence-corrected chi connectivity index (χ3v) is 7.94. The highest BCUT2D eigenvalue weighted by Gasteiger charge is 2.46. The van der Waals surface area contributed by atoms with E-state index in [-0.39, 0.29) is 21.9 Å². The smallest absolute Gasteiger partial charge is 0.268 e. The lowest BCUT2D eigenvalue weighted by Gasteiger charge is -2.29. The van der Waals surface area contributed by atoms with E-state index in [9.17, 15) is 30.0 Å². The van der Waals surface area contributed by atoms with Crippen molar-refractivity contribution in [2.75, 3.05) is 6.26 Å². The summed E-state index contributed by atoms with van der Waals surface area (Å²) in [5.74, 6) is -0.833. The Morgan fingerprint density at radius 2 is 1.47 bits per heavy atom. The van der Waals surface area contributed by atoms with Crippen molar-refractivity contribution in [3.05, 3.63) is 95.3 Å². The number of halogens is 3. The zero-order valence-electron chi connectivity index (χ0n) is 18.1. The van der Waals surface area contributed by atoms with Gasteiger partial charge in [-0.25, -0.2) is 21.1 Å². The van der Waals surface area contributed by atoms with Crippen molar-refractivity contribution in [3.8, 4) is 0 Å². The van der Waals surface area contributed by atoms with E-state index in [1.807, 2.05) is 0 Å². The number of benzene rings is 2. The molecule has 0 aromatic heterocycles. The molecule has 0 spiro atoms. The highest BCUT2D eigenvalue weighted by atomic mass is 32.2. The van der Waals surface area contributed by atoms with Crippen molar-refractivity contribution in [3.63, 3.8) is 0 Å². The van der Waals surface area contributed by atoms with Gasteiger partial charge in [0.2, 0.25) is 10.0 Å². The maximum absolute atomic E-state index is 13.7. The van der Waals surface area contributed by atoms with Crippen LogP contribution >= 0.6 is 0 Å². The molecule has 6 nitrogen and oxygen atoms in total. The number of rotatable bonds is 5. The number of alkyl halides is 3. The lowest BCUT2D eigenvalue weighted by atomic mass is 9.87. The summed E-state index contributed by atoms with van der Waals surface area (Å²) in [5.41, 5.74) is 0.512. The molecular formula is C23H21F3N2O4S2. The summed E-state index contributed by atoms with van der Waals surface area (Å²) in [7, 11) is -8.18. The molecular weight excluding hydrogens is 489 g/mol. The predicted molar refractivity (Wildman–Crippen MR) is 122 cm³/mol. The van der Waals surface area contributed by atoms with Gasteiger partial charge in [0.25, 0.3) is 10.0 Å². The molecule has 0 amide bonds. The molecule has 1 aliphatic heterocycles. The number of sulfonamides is 2. The second-order valence-corrected chi connectivity index (χ2v) is 11.7. The van der Waals surface area contributed by atoms with Gasteiger partial charge in [-0.3, -0.25) is 4.72 Å². The second kappa shape index (κ2) is 8.31. The zero-order valence-corrected chi connectivity index (χ0v) is 19.7. The molecule has 0 fully saturated rings. The summed E-state index contributed by atoms with van der Waals surface area (Å²) in [6.07, 6.45) is 2.99. The fourth-order valence-electron chi connectivity index (χ4n) is 4.06. The van der Waals surface area contributed by atoms with Crippen LogP contribution in [0.5, 0.6) is 0 Å². The van der Waals surface area contributed by atoms with E-state index in [0.29, 0.717) is 0 Å². The van der Waals surface area contributed by atoms with Crippen LogP contribution in [0, 0.1) is 12.8 Å². The minimum atomic E-state index is -4.55. The van der Waals surface area contributed by atoms with Crippen molar-refractivity contribution in [1.29, 1.82) is 0 Å². The van der Waals surface area contributed by atoms with Gasteiger partial charge >= 0.3 is 6.18 Å². The van der Waals surface area contributed by atoms with Crippen molar-refractivity contribution in [2.45, 2.75) is 24.0 Å². The maximum Gasteiger partial charge on any atom is 0.416 e. The molecule has 0 saturated carbocycles. The van der Waals surface area contributed by atoms with Crippen molar-refractivity contribution in [1.82, 2.24) is 9.03 Å². The Bertz CT molecular complexity index is 1410. The highest BCUT2D eigenvalue weighted by Crippen LogP contribution is 2.45. The van der Waals surface area contributed by atoms with E-state index in [4.69, 9.17) is 0 Å². The van der Waals surface area contributed by atoms with Gasteiger partial charge in [-0.15, -0.1) is 0 Å². The van der Waals surface area contributed by atoms with Crippen LogP contribution in [0.1, 0.15) is 16.7 Å². The van der Waals surface area contributed by atoms with Gasteiger partial charge in [-0.05, 0) is 36.8 Å². The van der Waals surface area contributed by atoms with Gasteiger partial charge in [0.1, 0.15) is 5.82 Å². The van der Waals surface area contributed by atoms with Crippen LogP contribution in [0.25, 0.3) is 5.57 Å². The topological polar surface area (TPSA) is 83.6 Å². The fraction of sp³-hybridized carbons (Fsp3) is 0.217. The van der Waals surface area contributed by atoms with Gasteiger partial charge in [-0.1, -0.05) is 54.1 Å². The Morgan fingerprint density at radius 3 is 2.03 bits per heavy atom. The maximum atomic E-state index is 13.7. The zero-order chi connectivity index (χ0) is 24.9. The van der Waals surface area contributed by atoms with Gasteiger partial charge in [0, 0.05) is 11.5 Å². The summed E-state index contributed by atoms with van der Waals surface area (Å²) in [6, 6.07) is 9.50. The first-order valence-corrected chi connectivity index (χ1v) is 13.5. The second-order valence-electron chi connectivity index (χ2n) is 8.11. The molecule has 1 aliphatic carbocycles. The van der Waals surface area contributed by atoms with Crippen LogP contribution in [0.4, 0.5) is 13.2 Å². The molecule has 180 valence electrons. The third kappa shape index (κ3) is 4.49. The van der Waals surface area contributed by atoms with Crippen molar-refractivity contribution in [2.24, 2.45) is 5.92 Å². The van der Waals surface area contributed by atoms with Crippen LogP contribution in [0.3, 0.4) is 0 Å². The summed E-state index contributed by atoms with van der Waals surface area (Å²) in [6.45, 7) is 1.80. The number of nitrogens with zero attached hydrogens (tertiary/aromatic N) is 1. The first kappa shape index (κ1) is 24.1. The quantitative estimate of drug-likeness (QED) is 0.658. The normalized spacial score (nSPS) is 20.6. The number of hydrogen-bond acceptors (Lipinski definition) is 4. The Morgan fingerprint density at radius 1 is 0.882 bits per heavy atom. The van der Waals surface area contributed by atoms with E-state index in [0.717, 1.165) is 28.3 Å². The van der Waals surface area contributed by atoms with Crippen LogP contribution < -0.4 is 4.72 Å². The van der Waals surface area contributed by atoms with E-state index in [1.54, 1.807) is 43.4 Å². The molecule has 2 atom stereocenters.